The summed E-state index contributed by atoms with van der Waals surface area (Å²) in [5, 5.41) is 6.28. The maximum absolute atomic E-state index is 12.7. The van der Waals surface area contributed by atoms with Crippen molar-refractivity contribution in [2.45, 2.75) is 13.8 Å². The summed E-state index contributed by atoms with van der Waals surface area (Å²) < 4.78 is 5.35. The molecule has 0 radical (unpaired) electrons. The number of aromatic nitrogens is 2. The molecule has 0 atom stereocenters. The van der Waals surface area contributed by atoms with Crippen molar-refractivity contribution in [3.05, 3.63) is 42.1 Å². The van der Waals surface area contributed by atoms with Crippen molar-refractivity contribution in [1.29, 1.82) is 0 Å². The Labute approximate surface area is 166 Å². The fourth-order valence-corrected chi connectivity index (χ4v) is 2.92. The van der Waals surface area contributed by atoms with Crippen LogP contribution in [0.1, 0.15) is 24.3 Å². The number of morpholine rings is 1. The van der Waals surface area contributed by atoms with Gasteiger partial charge in [0.1, 0.15) is 11.5 Å². The number of hydrogen-bond donors (Lipinski definition) is 2. The number of amides is 1. The Hall–Kier alpha value is -2.51. The van der Waals surface area contributed by atoms with E-state index in [2.05, 4.69) is 39.3 Å². The number of nitrogens with one attached hydrogen (secondary N) is 2. The SMILES string of the molecule is CC(C)CNc1cc(C(=O)NCCN2CCOCC2)nc(-c2ccccc2)n1. The molecule has 0 bridgehead atoms. The van der Waals surface area contributed by atoms with Crippen molar-refractivity contribution < 1.29 is 9.53 Å². The molecule has 3 rings (SSSR count). The van der Waals surface area contributed by atoms with Crippen LogP contribution in [-0.2, 0) is 4.74 Å². The molecule has 7 nitrogen and oxygen atoms in total. The molecule has 2 heterocycles. The largest absolute Gasteiger partial charge is 0.379 e. The maximum atomic E-state index is 12.7. The van der Waals surface area contributed by atoms with E-state index in [0.29, 0.717) is 29.8 Å². The van der Waals surface area contributed by atoms with Gasteiger partial charge in [-0.15, -0.1) is 0 Å². The van der Waals surface area contributed by atoms with Gasteiger partial charge in [0.15, 0.2) is 5.82 Å². The number of nitrogens with zero attached hydrogens (tertiary/aromatic N) is 3. The van der Waals surface area contributed by atoms with Crippen molar-refractivity contribution in [2.75, 3.05) is 51.3 Å². The zero-order chi connectivity index (χ0) is 19.8. The van der Waals surface area contributed by atoms with E-state index < -0.39 is 0 Å². The van der Waals surface area contributed by atoms with Crippen LogP contribution in [0.3, 0.4) is 0 Å². The average Bonchev–Trinajstić information content (AvgIpc) is 2.73. The van der Waals surface area contributed by atoms with E-state index in [4.69, 9.17) is 4.74 Å². The minimum Gasteiger partial charge on any atom is -0.379 e. The van der Waals surface area contributed by atoms with Crippen LogP contribution in [0.15, 0.2) is 36.4 Å². The first-order valence-electron chi connectivity index (χ1n) is 9.88. The van der Waals surface area contributed by atoms with Crippen LogP contribution in [-0.4, -0.2) is 66.7 Å². The lowest BCUT2D eigenvalue weighted by atomic mass is 10.2. The van der Waals surface area contributed by atoms with Crippen molar-refractivity contribution in [1.82, 2.24) is 20.2 Å². The molecule has 1 aromatic heterocycles. The number of carbonyl (C=O) groups excluding carboxylic acids is 1. The number of benzene rings is 1. The Balaban J connectivity index is 1.70. The molecule has 0 aliphatic carbocycles. The molecule has 1 saturated heterocycles. The molecule has 1 aliphatic rings. The Bertz CT molecular complexity index is 761. The highest BCUT2D eigenvalue weighted by Crippen LogP contribution is 2.18. The van der Waals surface area contributed by atoms with E-state index in [1.165, 1.54) is 0 Å². The highest BCUT2D eigenvalue weighted by molar-refractivity contribution is 5.93. The summed E-state index contributed by atoms with van der Waals surface area (Å²) in [6.07, 6.45) is 0. The standard InChI is InChI=1S/C21H29N5O2/c1-16(2)15-23-19-14-18(24-20(25-19)17-6-4-3-5-7-17)21(27)22-8-9-26-10-12-28-13-11-26/h3-7,14,16H,8-13,15H2,1-2H3,(H,22,27)(H,23,24,25). The lowest BCUT2D eigenvalue weighted by molar-refractivity contribution is 0.0383. The Morgan fingerprint density at radius 1 is 1.18 bits per heavy atom. The summed E-state index contributed by atoms with van der Waals surface area (Å²) >= 11 is 0. The van der Waals surface area contributed by atoms with Gasteiger partial charge in [-0.3, -0.25) is 9.69 Å². The molecule has 1 fully saturated rings. The molecule has 1 amide bonds. The second-order valence-corrected chi connectivity index (χ2v) is 7.31. The second kappa shape index (κ2) is 10.1. The predicted octanol–water partition coefficient (Wildman–Crippen LogP) is 2.27. The van der Waals surface area contributed by atoms with Crippen LogP contribution in [0.25, 0.3) is 11.4 Å². The molecule has 0 spiro atoms. The smallest absolute Gasteiger partial charge is 0.270 e. The number of ether oxygens (including phenoxy) is 1. The van der Waals surface area contributed by atoms with E-state index in [1.54, 1.807) is 6.07 Å². The van der Waals surface area contributed by atoms with Gasteiger partial charge in [0, 0.05) is 44.4 Å². The van der Waals surface area contributed by atoms with Crippen LogP contribution in [0.4, 0.5) is 5.82 Å². The van der Waals surface area contributed by atoms with E-state index in [9.17, 15) is 4.79 Å². The first-order valence-corrected chi connectivity index (χ1v) is 9.88. The average molecular weight is 383 g/mol. The summed E-state index contributed by atoms with van der Waals surface area (Å²) in [5.41, 5.74) is 1.26. The maximum Gasteiger partial charge on any atom is 0.270 e. The third kappa shape index (κ3) is 6.00. The Morgan fingerprint density at radius 2 is 1.93 bits per heavy atom. The molecule has 28 heavy (non-hydrogen) atoms. The van der Waals surface area contributed by atoms with Gasteiger partial charge in [-0.05, 0) is 5.92 Å². The molecule has 2 aromatic rings. The van der Waals surface area contributed by atoms with Gasteiger partial charge in [-0.1, -0.05) is 44.2 Å². The quantitative estimate of drug-likeness (QED) is 0.728. The monoisotopic (exact) mass is 383 g/mol. The van der Waals surface area contributed by atoms with Crippen molar-refractivity contribution in [3.8, 4) is 11.4 Å². The summed E-state index contributed by atoms with van der Waals surface area (Å²) in [4.78, 5) is 24.1. The minimum atomic E-state index is -0.180. The third-order valence-corrected chi connectivity index (χ3v) is 4.50. The Kier molecular flexibility index (Phi) is 7.33. The van der Waals surface area contributed by atoms with Crippen molar-refractivity contribution in [3.63, 3.8) is 0 Å². The summed E-state index contributed by atoms with van der Waals surface area (Å²) in [6.45, 7) is 9.76. The fraction of sp³-hybridized carbons (Fsp3) is 0.476. The Morgan fingerprint density at radius 3 is 2.64 bits per heavy atom. The molecule has 7 heteroatoms. The zero-order valence-corrected chi connectivity index (χ0v) is 16.6. The lowest BCUT2D eigenvalue weighted by Crippen LogP contribution is -2.41. The fourth-order valence-electron chi connectivity index (χ4n) is 2.92. The summed E-state index contributed by atoms with van der Waals surface area (Å²) in [7, 11) is 0. The molecule has 0 saturated carbocycles. The normalized spacial score (nSPS) is 14.8. The highest BCUT2D eigenvalue weighted by atomic mass is 16.5. The van der Waals surface area contributed by atoms with Crippen molar-refractivity contribution >= 4 is 11.7 Å². The van der Waals surface area contributed by atoms with Gasteiger partial charge >= 0.3 is 0 Å². The van der Waals surface area contributed by atoms with Gasteiger partial charge in [0.2, 0.25) is 0 Å². The van der Waals surface area contributed by atoms with Crippen LogP contribution in [0.2, 0.25) is 0 Å². The predicted molar refractivity (Wildman–Crippen MR) is 110 cm³/mol. The molecule has 1 aliphatic heterocycles. The molecular formula is C21H29N5O2. The van der Waals surface area contributed by atoms with Crippen molar-refractivity contribution in [2.24, 2.45) is 5.92 Å². The third-order valence-electron chi connectivity index (χ3n) is 4.50. The van der Waals surface area contributed by atoms with Gasteiger partial charge in [0.05, 0.1) is 13.2 Å². The topological polar surface area (TPSA) is 79.4 Å². The molecular weight excluding hydrogens is 354 g/mol. The molecule has 2 N–H and O–H groups in total. The van der Waals surface area contributed by atoms with Crippen LogP contribution < -0.4 is 10.6 Å². The van der Waals surface area contributed by atoms with Crippen LogP contribution in [0, 0.1) is 5.92 Å². The van der Waals surface area contributed by atoms with Crippen LogP contribution >= 0.6 is 0 Å². The molecule has 1 aromatic carbocycles. The van der Waals surface area contributed by atoms with E-state index in [0.717, 1.165) is 45.0 Å². The first-order chi connectivity index (χ1) is 13.6. The van der Waals surface area contributed by atoms with Gasteiger partial charge in [-0.2, -0.15) is 0 Å². The van der Waals surface area contributed by atoms with Gasteiger partial charge < -0.3 is 15.4 Å². The van der Waals surface area contributed by atoms with Crippen LogP contribution in [0.5, 0.6) is 0 Å². The van der Waals surface area contributed by atoms with E-state index in [-0.39, 0.29) is 5.91 Å². The first kappa shape index (κ1) is 20.2. The molecule has 0 unspecified atom stereocenters. The summed E-state index contributed by atoms with van der Waals surface area (Å²) in [6, 6.07) is 11.4. The number of rotatable bonds is 8. The van der Waals surface area contributed by atoms with Gasteiger partial charge in [-0.25, -0.2) is 9.97 Å². The highest BCUT2D eigenvalue weighted by Gasteiger charge is 2.14. The van der Waals surface area contributed by atoms with E-state index in [1.807, 2.05) is 30.3 Å². The van der Waals surface area contributed by atoms with Gasteiger partial charge in [0.25, 0.3) is 5.91 Å². The lowest BCUT2D eigenvalue weighted by Gasteiger charge is -2.26. The van der Waals surface area contributed by atoms with E-state index >= 15 is 0 Å². The zero-order valence-electron chi connectivity index (χ0n) is 16.6. The molecule has 150 valence electrons. The summed E-state index contributed by atoms with van der Waals surface area (Å²) in [5.74, 6) is 1.51. The second-order valence-electron chi connectivity index (χ2n) is 7.31. The number of anilines is 1. The number of carbonyl (C=O) groups is 1. The minimum absolute atomic E-state index is 0.180. The number of hydrogen-bond acceptors (Lipinski definition) is 6.